The quantitative estimate of drug-likeness (QED) is 0.700. The largest absolute Gasteiger partial charge is 0.350 e. The first-order valence-electron chi connectivity index (χ1n) is 4.49. The van der Waals surface area contributed by atoms with Gasteiger partial charge in [0.25, 0.3) is 0 Å². The maximum absolute atomic E-state index is 13.4. The van der Waals surface area contributed by atoms with Crippen LogP contribution < -0.4 is 5.69 Å². The van der Waals surface area contributed by atoms with Gasteiger partial charge in [-0.15, -0.1) is 0 Å². The van der Waals surface area contributed by atoms with Crippen LogP contribution in [0.2, 0.25) is 0 Å². The van der Waals surface area contributed by atoms with Crippen molar-refractivity contribution >= 4 is 0 Å². The number of hydrogen-bond donors (Lipinski definition) is 0. The first-order valence-corrected chi connectivity index (χ1v) is 4.49. The fraction of sp³-hybridized carbons (Fsp3) is 0.200. The van der Waals surface area contributed by atoms with E-state index in [1.165, 1.54) is 22.4 Å². The zero-order valence-electron chi connectivity index (χ0n) is 8.44. The van der Waals surface area contributed by atoms with Crippen LogP contribution in [0.25, 0.3) is 5.69 Å². The minimum absolute atomic E-state index is 0.230. The Morgan fingerprint density at radius 1 is 1.33 bits per heavy atom. The molecule has 0 spiro atoms. The molecule has 5 heteroatoms. The summed E-state index contributed by atoms with van der Waals surface area (Å²) < 4.78 is 15.9. The maximum Gasteiger partial charge on any atom is 0.350 e. The number of hydrogen-bond acceptors (Lipinski definition) is 2. The van der Waals surface area contributed by atoms with Crippen molar-refractivity contribution in [1.29, 1.82) is 0 Å². The molecule has 1 aromatic carbocycles. The zero-order valence-corrected chi connectivity index (χ0v) is 8.44. The summed E-state index contributed by atoms with van der Waals surface area (Å²) in [5, 5.41) is 3.93. The van der Waals surface area contributed by atoms with Crippen molar-refractivity contribution in [3.63, 3.8) is 0 Å². The normalized spacial score (nSPS) is 10.6. The lowest BCUT2D eigenvalue weighted by Gasteiger charge is -2.02. The first-order chi connectivity index (χ1) is 7.11. The van der Waals surface area contributed by atoms with E-state index in [0.29, 0.717) is 5.82 Å². The second-order valence-electron chi connectivity index (χ2n) is 3.24. The van der Waals surface area contributed by atoms with Crippen LogP contribution in [0.5, 0.6) is 0 Å². The number of aromatic nitrogens is 3. The van der Waals surface area contributed by atoms with Crippen LogP contribution in [0.15, 0.2) is 29.1 Å². The molecular weight excluding hydrogens is 197 g/mol. The smallest absolute Gasteiger partial charge is 0.246 e. The average Bonchev–Trinajstić information content (AvgIpc) is 2.43. The highest BCUT2D eigenvalue weighted by Gasteiger charge is 2.11. The second-order valence-corrected chi connectivity index (χ2v) is 3.24. The predicted molar refractivity (Wildman–Crippen MR) is 53.5 cm³/mol. The minimum Gasteiger partial charge on any atom is -0.246 e. The van der Waals surface area contributed by atoms with Crippen LogP contribution >= 0.6 is 0 Å². The Balaban J connectivity index is 2.75. The lowest BCUT2D eigenvalue weighted by Crippen LogP contribution is -2.22. The van der Waals surface area contributed by atoms with Gasteiger partial charge in [-0.2, -0.15) is 5.10 Å². The Morgan fingerprint density at radius 2 is 2.00 bits per heavy atom. The fourth-order valence-electron chi connectivity index (χ4n) is 1.50. The lowest BCUT2D eigenvalue weighted by molar-refractivity contribution is 0.613. The SMILES string of the molecule is Cc1nn(C)c(=O)n1-c1ccccc1F. The van der Waals surface area contributed by atoms with E-state index in [0.717, 1.165) is 0 Å². The van der Waals surface area contributed by atoms with Gasteiger partial charge in [0.15, 0.2) is 0 Å². The van der Waals surface area contributed by atoms with Gasteiger partial charge in [0.1, 0.15) is 11.6 Å². The van der Waals surface area contributed by atoms with Gasteiger partial charge in [0, 0.05) is 7.05 Å². The van der Waals surface area contributed by atoms with Crippen LogP contribution in [-0.2, 0) is 7.05 Å². The Bertz CT molecular complexity index is 556. The molecule has 0 saturated carbocycles. The number of aryl methyl sites for hydroxylation is 2. The molecule has 0 bridgehead atoms. The summed E-state index contributed by atoms with van der Waals surface area (Å²) in [5.41, 5.74) is -0.120. The standard InChI is InChI=1S/C10H10FN3O/c1-7-12-13(2)10(15)14(7)9-6-4-3-5-8(9)11/h3-6H,1-2H3. The van der Waals surface area contributed by atoms with Crippen molar-refractivity contribution in [3.05, 3.63) is 46.4 Å². The fourth-order valence-corrected chi connectivity index (χ4v) is 1.50. The number of halogens is 1. The maximum atomic E-state index is 13.4. The molecule has 0 N–H and O–H groups in total. The van der Waals surface area contributed by atoms with Gasteiger partial charge in [-0.3, -0.25) is 0 Å². The van der Waals surface area contributed by atoms with E-state index in [1.54, 1.807) is 25.1 Å². The topological polar surface area (TPSA) is 39.8 Å². The monoisotopic (exact) mass is 207 g/mol. The van der Waals surface area contributed by atoms with Crippen LogP contribution in [0.3, 0.4) is 0 Å². The average molecular weight is 207 g/mol. The van der Waals surface area contributed by atoms with Gasteiger partial charge in [-0.25, -0.2) is 18.4 Å². The molecule has 0 aliphatic heterocycles. The van der Waals surface area contributed by atoms with Crippen molar-refractivity contribution in [2.45, 2.75) is 6.92 Å². The summed E-state index contributed by atoms with van der Waals surface area (Å²) >= 11 is 0. The van der Waals surface area contributed by atoms with E-state index in [4.69, 9.17) is 0 Å². The van der Waals surface area contributed by atoms with Crippen molar-refractivity contribution in [2.24, 2.45) is 7.05 Å². The van der Waals surface area contributed by atoms with Gasteiger partial charge in [0.2, 0.25) is 0 Å². The molecule has 0 aliphatic carbocycles. The molecule has 2 aromatic rings. The molecule has 0 radical (unpaired) electrons. The number of benzene rings is 1. The third-order valence-corrected chi connectivity index (χ3v) is 2.18. The Morgan fingerprint density at radius 3 is 2.53 bits per heavy atom. The molecule has 0 fully saturated rings. The first kappa shape index (κ1) is 9.64. The lowest BCUT2D eigenvalue weighted by atomic mass is 10.3. The molecule has 0 aliphatic rings. The Kier molecular flexibility index (Phi) is 2.15. The zero-order chi connectivity index (χ0) is 11.0. The van der Waals surface area contributed by atoms with Gasteiger partial charge < -0.3 is 0 Å². The van der Waals surface area contributed by atoms with E-state index >= 15 is 0 Å². The number of para-hydroxylation sites is 1. The molecule has 0 amide bonds. The Labute approximate surface area is 85.6 Å². The molecular formula is C10H10FN3O. The Hall–Kier alpha value is -1.91. The van der Waals surface area contributed by atoms with Crippen LogP contribution in [0.1, 0.15) is 5.82 Å². The molecule has 78 valence electrons. The van der Waals surface area contributed by atoms with E-state index in [1.807, 2.05) is 0 Å². The molecule has 4 nitrogen and oxygen atoms in total. The van der Waals surface area contributed by atoms with Gasteiger partial charge in [0.05, 0.1) is 5.69 Å². The summed E-state index contributed by atoms with van der Waals surface area (Å²) in [7, 11) is 1.53. The van der Waals surface area contributed by atoms with Gasteiger partial charge >= 0.3 is 5.69 Å². The summed E-state index contributed by atoms with van der Waals surface area (Å²) in [6.45, 7) is 1.66. The van der Waals surface area contributed by atoms with E-state index in [-0.39, 0.29) is 11.4 Å². The summed E-state index contributed by atoms with van der Waals surface area (Å²) in [6.07, 6.45) is 0. The molecule has 0 atom stereocenters. The predicted octanol–water partition coefficient (Wildman–Crippen LogP) is 1.02. The van der Waals surface area contributed by atoms with E-state index in [2.05, 4.69) is 5.10 Å². The van der Waals surface area contributed by atoms with Crippen LogP contribution in [0, 0.1) is 12.7 Å². The van der Waals surface area contributed by atoms with Crippen molar-refractivity contribution in [1.82, 2.24) is 14.3 Å². The van der Waals surface area contributed by atoms with Gasteiger partial charge in [-0.1, -0.05) is 12.1 Å². The molecule has 1 heterocycles. The molecule has 15 heavy (non-hydrogen) atoms. The number of nitrogens with zero attached hydrogens (tertiary/aromatic N) is 3. The molecule has 1 aromatic heterocycles. The van der Waals surface area contributed by atoms with Crippen molar-refractivity contribution < 1.29 is 4.39 Å². The van der Waals surface area contributed by atoms with Crippen LogP contribution in [0.4, 0.5) is 4.39 Å². The molecule has 0 unspecified atom stereocenters. The molecule has 2 rings (SSSR count). The molecule has 0 saturated heterocycles. The third-order valence-electron chi connectivity index (χ3n) is 2.18. The third kappa shape index (κ3) is 1.45. The van der Waals surface area contributed by atoms with Crippen molar-refractivity contribution in [3.8, 4) is 5.69 Å². The highest BCUT2D eigenvalue weighted by molar-refractivity contribution is 5.33. The number of rotatable bonds is 1. The highest BCUT2D eigenvalue weighted by atomic mass is 19.1. The minimum atomic E-state index is -0.435. The van der Waals surface area contributed by atoms with Crippen molar-refractivity contribution in [2.75, 3.05) is 0 Å². The summed E-state index contributed by atoms with van der Waals surface area (Å²) in [4.78, 5) is 11.6. The van der Waals surface area contributed by atoms with Crippen LogP contribution in [-0.4, -0.2) is 14.3 Å². The second kappa shape index (κ2) is 3.34. The van der Waals surface area contributed by atoms with E-state index < -0.39 is 5.82 Å². The highest BCUT2D eigenvalue weighted by Crippen LogP contribution is 2.11. The van der Waals surface area contributed by atoms with E-state index in [9.17, 15) is 9.18 Å². The summed E-state index contributed by atoms with van der Waals surface area (Å²) in [5.74, 6) is 0.0308. The van der Waals surface area contributed by atoms with Gasteiger partial charge in [-0.05, 0) is 19.1 Å². The summed E-state index contributed by atoms with van der Waals surface area (Å²) in [6, 6.07) is 6.12.